The summed E-state index contributed by atoms with van der Waals surface area (Å²) in [6.07, 6.45) is 0. The zero-order valence-corrected chi connectivity index (χ0v) is 30.2. The Labute approximate surface area is 301 Å². The Morgan fingerprint density at radius 3 is 1.64 bits per heavy atom. The molecule has 244 valence electrons. The van der Waals surface area contributed by atoms with Gasteiger partial charge < -0.3 is 15.5 Å². The summed E-state index contributed by atoms with van der Waals surface area (Å²) >= 11 is 15.8. The summed E-state index contributed by atoms with van der Waals surface area (Å²) < 4.78 is 27.9. The van der Waals surface area contributed by atoms with Crippen molar-refractivity contribution >= 4 is 91.9 Å². The first-order valence-electron chi connectivity index (χ1n) is 14.7. The van der Waals surface area contributed by atoms with Crippen molar-refractivity contribution in [1.29, 1.82) is 0 Å². The van der Waals surface area contributed by atoms with Gasteiger partial charge in [-0.3, -0.25) is 0 Å². The number of fused-ring (bicyclic) bond motifs is 4. The van der Waals surface area contributed by atoms with Gasteiger partial charge in [0.2, 0.25) is 10.0 Å². The second kappa shape index (κ2) is 15.6. The van der Waals surface area contributed by atoms with Crippen LogP contribution in [-0.2, 0) is 10.0 Å². The third kappa shape index (κ3) is 8.07. The second-order valence-electron chi connectivity index (χ2n) is 10.7. The lowest BCUT2D eigenvalue weighted by Gasteiger charge is -2.33. The summed E-state index contributed by atoms with van der Waals surface area (Å²) in [7, 11) is -3.55. The lowest BCUT2D eigenvalue weighted by atomic mass is 10.2. The average molecular weight is 744 g/mol. The molecule has 0 unspecified atom stereocenters. The van der Waals surface area contributed by atoms with E-state index in [1.54, 1.807) is 47.8 Å². The molecule has 2 aliphatic rings. The van der Waals surface area contributed by atoms with Crippen LogP contribution in [0.3, 0.4) is 0 Å². The molecule has 7 rings (SSSR count). The molecular formula is C35H33Cl3N4O2S3. The molecule has 3 N–H and O–H groups in total. The zero-order valence-electron chi connectivity index (χ0n) is 25.4. The van der Waals surface area contributed by atoms with Crippen molar-refractivity contribution in [2.24, 2.45) is 5.73 Å². The van der Waals surface area contributed by atoms with Gasteiger partial charge in [-0.1, -0.05) is 88.7 Å². The number of benzene rings is 5. The van der Waals surface area contributed by atoms with Crippen LogP contribution in [0, 0.1) is 6.92 Å². The van der Waals surface area contributed by atoms with E-state index >= 15 is 0 Å². The summed E-state index contributed by atoms with van der Waals surface area (Å²) in [5, 5.41) is 1.42. The summed E-state index contributed by atoms with van der Waals surface area (Å²) in [6.45, 7) is 4.12. The molecule has 5 aromatic rings. The SMILES string of the molecule is Cc1ccc(S(=O)(=O)NCCN2c3ccccc3Sc3ccc(Cl)cc32)cc1.Cl.NCCN1c2ccccc2Sc2ccc(Cl)cc21. The Morgan fingerprint density at radius 2 is 1.13 bits per heavy atom. The minimum absolute atomic E-state index is 0. The van der Waals surface area contributed by atoms with Crippen LogP contribution in [0.15, 0.2) is 134 Å². The molecule has 0 saturated carbocycles. The first kappa shape index (κ1) is 35.4. The van der Waals surface area contributed by atoms with Crippen LogP contribution in [0.2, 0.25) is 10.0 Å². The van der Waals surface area contributed by atoms with Gasteiger partial charge in [0.15, 0.2) is 0 Å². The van der Waals surface area contributed by atoms with Crippen LogP contribution >= 0.6 is 59.1 Å². The van der Waals surface area contributed by atoms with Crippen molar-refractivity contribution in [3.8, 4) is 0 Å². The quantitative estimate of drug-likeness (QED) is 0.172. The van der Waals surface area contributed by atoms with Gasteiger partial charge in [0.25, 0.3) is 0 Å². The molecule has 5 aromatic carbocycles. The first-order chi connectivity index (χ1) is 22.2. The Hall–Kier alpha value is -2.86. The number of rotatable bonds is 7. The van der Waals surface area contributed by atoms with Gasteiger partial charge in [0.05, 0.1) is 27.6 Å². The van der Waals surface area contributed by atoms with Gasteiger partial charge in [0.1, 0.15) is 0 Å². The van der Waals surface area contributed by atoms with E-state index < -0.39 is 10.0 Å². The normalized spacial score (nSPS) is 12.9. The summed E-state index contributed by atoms with van der Waals surface area (Å²) in [6, 6.07) is 35.1. The maximum atomic E-state index is 12.6. The van der Waals surface area contributed by atoms with Crippen LogP contribution in [0.5, 0.6) is 0 Å². The van der Waals surface area contributed by atoms with E-state index in [0.29, 0.717) is 18.1 Å². The molecule has 0 radical (unpaired) electrons. The van der Waals surface area contributed by atoms with E-state index in [-0.39, 0.29) is 23.8 Å². The van der Waals surface area contributed by atoms with E-state index in [4.69, 9.17) is 28.9 Å². The summed E-state index contributed by atoms with van der Waals surface area (Å²) in [4.78, 5) is 9.37. The third-order valence-electron chi connectivity index (χ3n) is 7.49. The minimum Gasteiger partial charge on any atom is -0.338 e. The first-order valence-corrected chi connectivity index (χ1v) is 18.5. The van der Waals surface area contributed by atoms with Crippen molar-refractivity contribution in [3.05, 3.63) is 125 Å². The minimum atomic E-state index is -3.55. The van der Waals surface area contributed by atoms with Crippen molar-refractivity contribution in [1.82, 2.24) is 4.72 Å². The third-order valence-corrected chi connectivity index (χ3v) is 11.7. The highest BCUT2D eigenvalue weighted by atomic mass is 35.5. The van der Waals surface area contributed by atoms with Crippen molar-refractivity contribution in [3.63, 3.8) is 0 Å². The predicted octanol–water partition coefficient (Wildman–Crippen LogP) is 9.55. The largest absolute Gasteiger partial charge is 0.338 e. The predicted molar refractivity (Wildman–Crippen MR) is 201 cm³/mol. The van der Waals surface area contributed by atoms with E-state index in [0.717, 1.165) is 44.0 Å². The molecule has 0 bridgehead atoms. The molecule has 0 amide bonds. The zero-order chi connectivity index (χ0) is 32.3. The van der Waals surface area contributed by atoms with Gasteiger partial charge in [-0.05, 0) is 79.7 Å². The molecule has 0 saturated heterocycles. The molecule has 2 aliphatic heterocycles. The molecule has 2 heterocycles. The Morgan fingerprint density at radius 1 is 0.660 bits per heavy atom. The van der Waals surface area contributed by atoms with Crippen LogP contribution in [0.25, 0.3) is 0 Å². The number of nitrogens with two attached hydrogens (primary N) is 1. The highest BCUT2D eigenvalue weighted by Gasteiger charge is 2.25. The summed E-state index contributed by atoms with van der Waals surface area (Å²) in [5.74, 6) is 0. The molecule has 47 heavy (non-hydrogen) atoms. The molecular weight excluding hydrogens is 711 g/mol. The topological polar surface area (TPSA) is 78.7 Å². The molecule has 0 aliphatic carbocycles. The number of hydrogen-bond donors (Lipinski definition) is 2. The monoisotopic (exact) mass is 742 g/mol. The number of sulfonamides is 1. The second-order valence-corrected chi connectivity index (χ2v) is 15.5. The van der Waals surface area contributed by atoms with Crippen LogP contribution in [0.4, 0.5) is 22.7 Å². The van der Waals surface area contributed by atoms with Crippen molar-refractivity contribution in [2.75, 3.05) is 36.0 Å². The molecule has 6 nitrogen and oxygen atoms in total. The molecule has 0 spiro atoms. The van der Waals surface area contributed by atoms with Gasteiger partial charge in [-0.25, -0.2) is 13.1 Å². The van der Waals surface area contributed by atoms with E-state index in [2.05, 4.69) is 50.9 Å². The number of para-hydroxylation sites is 2. The lowest BCUT2D eigenvalue weighted by Crippen LogP contribution is -2.33. The Kier molecular flexibility index (Phi) is 11.7. The standard InChI is InChI=1S/C21H19ClN2O2S2.C14H13ClN2S.ClH/c1-15-6-9-17(10-7-15)28(25,26)23-12-13-24-18-4-2-3-5-20(18)27-21-11-8-16(22)14-19(21)24;15-10-5-6-14-12(9-10)17(8-7-16)11-3-1-2-4-13(11)18-14;/h2-11,14,23H,12-13H2,1H3;1-6,9H,7-8,16H2;1H. The number of aryl methyl sites for hydroxylation is 1. The number of halogens is 3. The van der Waals surface area contributed by atoms with E-state index in [9.17, 15) is 8.42 Å². The van der Waals surface area contributed by atoms with Crippen LogP contribution in [0.1, 0.15) is 5.56 Å². The fourth-order valence-corrected chi connectivity index (χ4v) is 8.81. The number of hydrogen-bond acceptors (Lipinski definition) is 7. The average Bonchev–Trinajstić information content (AvgIpc) is 3.05. The molecule has 0 aromatic heterocycles. The van der Waals surface area contributed by atoms with Crippen LogP contribution in [-0.4, -0.2) is 34.6 Å². The number of anilines is 4. The number of nitrogens with zero attached hydrogens (tertiary/aromatic N) is 2. The maximum Gasteiger partial charge on any atom is 0.240 e. The lowest BCUT2D eigenvalue weighted by molar-refractivity contribution is 0.582. The fraction of sp³-hybridized carbons (Fsp3) is 0.143. The van der Waals surface area contributed by atoms with E-state index in [1.807, 2.05) is 55.5 Å². The van der Waals surface area contributed by atoms with Gasteiger partial charge >= 0.3 is 0 Å². The Balaban J connectivity index is 0.000000197. The van der Waals surface area contributed by atoms with Gasteiger partial charge in [-0.15, -0.1) is 12.4 Å². The van der Waals surface area contributed by atoms with Crippen molar-refractivity contribution < 1.29 is 8.42 Å². The van der Waals surface area contributed by atoms with Crippen molar-refractivity contribution in [2.45, 2.75) is 31.4 Å². The summed E-state index contributed by atoms with van der Waals surface area (Å²) in [5.41, 5.74) is 11.2. The van der Waals surface area contributed by atoms with Crippen LogP contribution < -0.4 is 20.3 Å². The Bertz CT molecular complexity index is 1980. The highest BCUT2D eigenvalue weighted by Crippen LogP contribution is 2.49. The van der Waals surface area contributed by atoms with Gasteiger partial charge in [-0.2, -0.15) is 0 Å². The molecule has 0 atom stereocenters. The molecule has 12 heteroatoms. The fourth-order valence-electron chi connectivity index (χ4n) is 5.31. The van der Waals surface area contributed by atoms with E-state index in [1.165, 1.54) is 15.5 Å². The smallest absolute Gasteiger partial charge is 0.240 e. The van der Waals surface area contributed by atoms with Gasteiger partial charge in [0, 0.05) is 55.8 Å². The molecule has 0 fully saturated rings. The highest BCUT2D eigenvalue weighted by molar-refractivity contribution is 8.00. The maximum absolute atomic E-state index is 12.6. The number of nitrogens with one attached hydrogen (secondary N) is 1.